The van der Waals surface area contributed by atoms with E-state index in [4.69, 9.17) is 4.74 Å². The molecule has 0 spiro atoms. The number of benzene rings is 1. The van der Waals surface area contributed by atoms with Crippen LogP contribution in [0.1, 0.15) is 57.8 Å². The van der Waals surface area contributed by atoms with Crippen molar-refractivity contribution in [3.05, 3.63) is 29.6 Å². The lowest BCUT2D eigenvalue weighted by molar-refractivity contribution is 0.0473. The molecule has 1 aliphatic heterocycles. The van der Waals surface area contributed by atoms with Crippen molar-refractivity contribution in [3.63, 3.8) is 0 Å². The summed E-state index contributed by atoms with van der Waals surface area (Å²) in [5.41, 5.74) is -0.874. The lowest BCUT2D eigenvalue weighted by atomic mass is 10.0. The Morgan fingerprint density at radius 1 is 1.19 bits per heavy atom. The third-order valence-electron chi connectivity index (χ3n) is 5.01. The van der Waals surface area contributed by atoms with Gasteiger partial charge in [-0.2, -0.15) is 4.31 Å². The first-order valence-corrected chi connectivity index (χ1v) is 11.9. The van der Waals surface area contributed by atoms with E-state index in [1.165, 1.54) is 15.3 Å². The van der Waals surface area contributed by atoms with Crippen LogP contribution in [0.5, 0.6) is 0 Å². The van der Waals surface area contributed by atoms with E-state index >= 15 is 0 Å². The summed E-state index contributed by atoms with van der Waals surface area (Å²) >= 11 is 0. The van der Waals surface area contributed by atoms with Crippen molar-refractivity contribution in [2.24, 2.45) is 0 Å². The fourth-order valence-corrected chi connectivity index (χ4v) is 4.90. The number of nitrogens with zero attached hydrogens (tertiary/aromatic N) is 2. The highest BCUT2D eigenvalue weighted by atomic mass is 32.2. The number of sulfonamides is 1. The van der Waals surface area contributed by atoms with Gasteiger partial charge >= 0.3 is 6.09 Å². The summed E-state index contributed by atoms with van der Waals surface area (Å²) in [6.07, 6.45) is 0.464. The Balaban J connectivity index is 2.09. The second-order valence-corrected chi connectivity index (χ2v) is 10.4. The zero-order valence-electron chi connectivity index (χ0n) is 18.8. The molecule has 0 atom stereocenters. The molecule has 1 heterocycles. The van der Waals surface area contributed by atoms with Gasteiger partial charge in [-0.05, 0) is 51.8 Å². The highest BCUT2D eigenvalue weighted by molar-refractivity contribution is 7.89. The van der Waals surface area contributed by atoms with Crippen LogP contribution in [-0.4, -0.2) is 67.4 Å². The minimum Gasteiger partial charge on any atom is -0.444 e. The summed E-state index contributed by atoms with van der Waals surface area (Å²) < 4.78 is 46.4. The maximum atomic E-state index is 14.4. The number of likely N-dealkylation sites (tertiary alicyclic amines) is 1. The van der Waals surface area contributed by atoms with Crippen molar-refractivity contribution in [1.82, 2.24) is 14.5 Å². The molecule has 1 aliphatic rings. The van der Waals surface area contributed by atoms with Gasteiger partial charge in [0.15, 0.2) is 0 Å². The molecule has 8 nitrogen and oxygen atoms in total. The van der Waals surface area contributed by atoms with Gasteiger partial charge in [-0.25, -0.2) is 17.6 Å². The van der Waals surface area contributed by atoms with Gasteiger partial charge in [0, 0.05) is 32.2 Å². The maximum Gasteiger partial charge on any atom is 0.407 e. The first-order chi connectivity index (χ1) is 14.4. The standard InChI is InChI=1S/C21H32FN3O5S/c1-6-25(7-2)31(28,29)16-8-9-18(22)17(14-16)19(26)24-12-10-15(11-13-24)23-20(27)30-21(3,4)5/h8-9,14-15H,6-7,10-13H2,1-5H3,(H,23,27). The number of rotatable bonds is 6. The number of hydrogen-bond acceptors (Lipinski definition) is 5. The minimum atomic E-state index is -3.81. The summed E-state index contributed by atoms with van der Waals surface area (Å²) in [7, 11) is -3.81. The van der Waals surface area contributed by atoms with Crippen molar-refractivity contribution < 1.29 is 27.1 Å². The fraction of sp³-hybridized carbons (Fsp3) is 0.619. The summed E-state index contributed by atoms with van der Waals surface area (Å²) in [6.45, 7) is 9.93. The lowest BCUT2D eigenvalue weighted by Crippen LogP contribution is -2.47. The average Bonchev–Trinajstić information content (AvgIpc) is 2.67. The molecule has 0 bridgehead atoms. The predicted molar refractivity (Wildman–Crippen MR) is 115 cm³/mol. The Morgan fingerprint density at radius 2 is 1.77 bits per heavy atom. The zero-order valence-corrected chi connectivity index (χ0v) is 19.6. The molecule has 1 aromatic rings. The van der Waals surface area contributed by atoms with E-state index in [9.17, 15) is 22.4 Å². The number of halogens is 1. The van der Waals surface area contributed by atoms with E-state index in [1.807, 2.05) is 0 Å². The molecule has 31 heavy (non-hydrogen) atoms. The molecule has 1 saturated heterocycles. The number of carbonyl (C=O) groups excluding carboxylic acids is 2. The van der Waals surface area contributed by atoms with Crippen LogP contribution in [0, 0.1) is 5.82 Å². The minimum absolute atomic E-state index is 0.109. The zero-order chi connectivity index (χ0) is 23.4. The first kappa shape index (κ1) is 25.1. The van der Waals surface area contributed by atoms with Crippen LogP contribution in [-0.2, 0) is 14.8 Å². The average molecular weight is 458 g/mol. The van der Waals surface area contributed by atoms with Crippen LogP contribution in [0.25, 0.3) is 0 Å². The van der Waals surface area contributed by atoms with E-state index in [1.54, 1.807) is 34.6 Å². The van der Waals surface area contributed by atoms with Crippen LogP contribution >= 0.6 is 0 Å². The summed E-state index contributed by atoms with van der Waals surface area (Å²) in [5, 5.41) is 2.78. The molecule has 0 radical (unpaired) electrons. The third-order valence-corrected chi connectivity index (χ3v) is 7.06. The third kappa shape index (κ3) is 6.39. The SMILES string of the molecule is CCN(CC)S(=O)(=O)c1ccc(F)c(C(=O)N2CCC(NC(=O)OC(C)(C)C)CC2)c1. The molecule has 1 fully saturated rings. The molecule has 0 aromatic heterocycles. The van der Waals surface area contributed by atoms with E-state index in [0.717, 1.165) is 12.1 Å². The first-order valence-electron chi connectivity index (χ1n) is 10.5. The molecule has 2 rings (SSSR count). The molecule has 0 aliphatic carbocycles. The number of amides is 2. The Hall–Kier alpha value is -2.20. The van der Waals surface area contributed by atoms with Crippen LogP contribution in [0.2, 0.25) is 0 Å². The smallest absolute Gasteiger partial charge is 0.407 e. The highest BCUT2D eigenvalue weighted by Crippen LogP contribution is 2.22. The number of ether oxygens (including phenoxy) is 1. The Bertz CT molecular complexity index is 902. The molecule has 174 valence electrons. The normalized spacial score (nSPS) is 15.8. The lowest BCUT2D eigenvalue weighted by Gasteiger charge is -2.33. The molecule has 1 N–H and O–H groups in total. The topological polar surface area (TPSA) is 96.0 Å². The van der Waals surface area contributed by atoms with Gasteiger partial charge in [-0.1, -0.05) is 13.8 Å². The predicted octanol–water partition coefficient (Wildman–Crippen LogP) is 2.99. The van der Waals surface area contributed by atoms with E-state index in [0.29, 0.717) is 25.9 Å². The summed E-state index contributed by atoms with van der Waals surface area (Å²) in [4.78, 5) is 26.2. The van der Waals surface area contributed by atoms with E-state index in [2.05, 4.69) is 5.32 Å². The van der Waals surface area contributed by atoms with E-state index < -0.39 is 33.4 Å². The summed E-state index contributed by atoms with van der Waals surface area (Å²) in [6, 6.07) is 3.14. The molecular weight excluding hydrogens is 425 g/mol. The number of nitrogens with one attached hydrogen (secondary N) is 1. The van der Waals surface area contributed by atoms with E-state index in [-0.39, 0.29) is 29.6 Å². The number of hydrogen-bond donors (Lipinski definition) is 1. The van der Waals surface area contributed by atoms with Gasteiger partial charge in [-0.3, -0.25) is 4.79 Å². The monoisotopic (exact) mass is 457 g/mol. The molecular formula is C21H32FN3O5S. The van der Waals surface area contributed by atoms with Gasteiger partial charge in [-0.15, -0.1) is 0 Å². The largest absolute Gasteiger partial charge is 0.444 e. The van der Waals surface area contributed by atoms with Gasteiger partial charge in [0.25, 0.3) is 5.91 Å². The molecule has 0 saturated carbocycles. The number of alkyl carbamates (subject to hydrolysis) is 1. The quantitative estimate of drug-likeness (QED) is 0.709. The van der Waals surface area contributed by atoms with Crippen molar-refractivity contribution >= 4 is 22.0 Å². The molecule has 0 unspecified atom stereocenters. The van der Waals surface area contributed by atoms with Crippen molar-refractivity contribution in [2.75, 3.05) is 26.2 Å². The van der Waals surface area contributed by atoms with Crippen LogP contribution in [0.15, 0.2) is 23.1 Å². The second-order valence-electron chi connectivity index (χ2n) is 8.44. The Morgan fingerprint density at radius 3 is 2.29 bits per heavy atom. The summed E-state index contributed by atoms with van der Waals surface area (Å²) in [5.74, 6) is -1.33. The van der Waals surface area contributed by atoms with Gasteiger partial charge in [0.2, 0.25) is 10.0 Å². The molecule has 10 heteroatoms. The maximum absolute atomic E-state index is 14.4. The van der Waals surface area contributed by atoms with Crippen molar-refractivity contribution in [3.8, 4) is 0 Å². The van der Waals surface area contributed by atoms with Crippen LogP contribution < -0.4 is 5.32 Å². The van der Waals surface area contributed by atoms with Gasteiger partial charge in [0.05, 0.1) is 10.5 Å². The van der Waals surface area contributed by atoms with Gasteiger partial charge < -0.3 is 15.0 Å². The van der Waals surface area contributed by atoms with Gasteiger partial charge in [0.1, 0.15) is 11.4 Å². The Labute approximate surface area is 183 Å². The molecule has 1 aromatic carbocycles. The second kappa shape index (κ2) is 9.95. The molecule has 2 amide bonds. The number of carbonyl (C=O) groups is 2. The van der Waals surface area contributed by atoms with Crippen LogP contribution in [0.4, 0.5) is 9.18 Å². The van der Waals surface area contributed by atoms with Crippen molar-refractivity contribution in [1.29, 1.82) is 0 Å². The van der Waals surface area contributed by atoms with Crippen molar-refractivity contribution in [2.45, 2.75) is 64.0 Å². The fourth-order valence-electron chi connectivity index (χ4n) is 3.41. The van der Waals surface area contributed by atoms with Crippen LogP contribution in [0.3, 0.4) is 0 Å². The number of piperidine rings is 1. The Kier molecular flexibility index (Phi) is 8.04. The highest BCUT2D eigenvalue weighted by Gasteiger charge is 2.29.